The van der Waals surface area contributed by atoms with E-state index >= 15 is 0 Å². The van der Waals surface area contributed by atoms with Crippen LogP contribution >= 0.6 is 70.1 Å². The maximum Gasteiger partial charge on any atom is 0.221 e. The highest BCUT2D eigenvalue weighted by Gasteiger charge is 2.44. The van der Waals surface area contributed by atoms with Crippen molar-refractivity contribution < 1.29 is 0 Å². The van der Waals surface area contributed by atoms with Crippen LogP contribution in [0.3, 0.4) is 0 Å². The molecule has 0 amide bonds. The van der Waals surface area contributed by atoms with E-state index in [9.17, 15) is 0 Å². The summed E-state index contributed by atoms with van der Waals surface area (Å²) in [6.07, 6.45) is -0.712. The van der Waals surface area contributed by atoms with Gasteiger partial charge in [-0.3, -0.25) is 0 Å². The molecule has 1 saturated heterocycles. The van der Waals surface area contributed by atoms with Crippen LogP contribution in [0.2, 0.25) is 0 Å². The van der Waals surface area contributed by atoms with Crippen molar-refractivity contribution in [1.82, 2.24) is 13.3 Å². The summed E-state index contributed by atoms with van der Waals surface area (Å²) in [7, 11) is 0. The number of alkyl halides is 3. The molecule has 0 radical (unpaired) electrons. The fourth-order valence-corrected chi connectivity index (χ4v) is 3.10. The molecule has 0 aromatic heterocycles. The second-order valence-corrected chi connectivity index (χ2v) is 6.18. The Morgan fingerprint density at radius 1 is 0.923 bits per heavy atom. The van der Waals surface area contributed by atoms with Crippen LogP contribution in [0.1, 0.15) is 0 Å². The van der Waals surface area contributed by atoms with Crippen LogP contribution in [0.25, 0.3) is 0 Å². The van der Waals surface area contributed by atoms with Gasteiger partial charge in [0.25, 0.3) is 0 Å². The molecule has 1 fully saturated rings. The van der Waals surface area contributed by atoms with E-state index in [1.165, 1.54) is 13.3 Å². The highest BCUT2D eigenvalue weighted by molar-refractivity contribution is 6.68. The van der Waals surface area contributed by atoms with E-state index in [1.807, 2.05) is 0 Å². The van der Waals surface area contributed by atoms with Crippen LogP contribution < -0.4 is 0 Å². The Morgan fingerprint density at radius 2 is 1.31 bits per heavy atom. The fourth-order valence-electron chi connectivity index (χ4n) is 0.946. The quantitative estimate of drug-likeness (QED) is 0.503. The molecular formula is C4H5Cl6N3. The summed E-state index contributed by atoms with van der Waals surface area (Å²) in [5.74, 6) is 0. The molecule has 3 nitrogen and oxygen atoms in total. The first-order valence-corrected chi connectivity index (χ1v) is 5.29. The first kappa shape index (κ1) is 12.7. The van der Waals surface area contributed by atoms with E-state index in [0.717, 1.165) is 0 Å². The molecular weight excluding hydrogens is 303 g/mol. The molecule has 13 heavy (non-hydrogen) atoms. The molecule has 9 heteroatoms. The van der Waals surface area contributed by atoms with E-state index in [0.29, 0.717) is 0 Å². The van der Waals surface area contributed by atoms with Gasteiger partial charge in [-0.05, 0) is 35.3 Å². The zero-order chi connectivity index (χ0) is 10.2. The van der Waals surface area contributed by atoms with Crippen molar-refractivity contribution in [3.63, 3.8) is 0 Å². The first-order chi connectivity index (χ1) is 5.82. The van der Waals surface area contributed by atoms with Crippen molar-refractivity contribution in [3.05, 3.63) is 0 Å². The lowest BCUT2D eigenvalue weighted by atomic mass is 10.5. The summed E-state index contributed by atoms with van der Waals surface area (Å²) in [6.45, 7) is 0.510. The average Bonchev–Trinajstić information content (AvgIpc) is 1.78. The van der Waals surface area contributed by atoms with Crippen molar-refractivity contribution in [2.75, 3.05) is 13.3 Å². The molecule has 0 aromatic carbocycles. The Balaban J connectivity index is 2.73. The van der Waals surface area contributed by atoms with Gasteiger partial charge in [-0.25, -0.2) is 0 Å². The van der Waals surface area contributed by atoms with Gasteiger partial charge in [-0.2, -0.15) is 13.3 Å². The minimum atomic E-state index is -1.58. The number of nitrogens with zero attached hydrogens (tertiary/aromatic N) is 3. The largest absolute Gasteiger partial charge is 0.221 e. The molecule has 0 aromatic rings. The Labute approximate surface area is 106 Å². The van der Waals surface area contributed by atoms with Crippen LogP contribution in [0.15, 0.2) is 0 Å². The van der Waals surface area contributed by atoms with Gasteiger partial charge in [0.05, 0.1) is 13.3 Å². The predicted molar refractivity (Wildman–Crippen MR) is 56.9 cm³/mol. The van der Waals surface area contributed by atoms with E-state index in [-0.39, 0.29) is 13.3 Å². The molecule has 0 atom stereocenters. The van der Waals surface area contributed by atoms with Gasteiger partial charge in [0, 0.05) is 0 Å². The highest BCUT2D eigenvalue weighted by Crippen LogP contribution is 2.39. The maximum atomic E-state index is 5.78. The normalized spacial score (nSPS) is 25.4. The zero-order valence-corrected chi connectivity index (χ0v) is 10.6. The molecule has 1 heterocycles. The third-order valence-corrected chi connectivity index (χ3v) is 2.78. The lowest BCUT2D eigenvalue weighted by Crippen LogP contribution is -2.57. The third kappa shape index (κ3) is 3.30. The van der Waals surface area contributed by atoms with Gasteiger partial charge in [-0.1, -0.05) is 34.8 Å². The van der Waals surface area contributed by atoms with Gasteiger partial charge in [0.15, 0.2) is 0 Å². The number of rotatable bonds is 0. The molecule has 0 bridgehead atoms. The van der Waals surface area contributed by atoms with Gasteiger partial charge in [0.1, 0.15) is 6.17 Å². The van der Waals surface area contributed by atoms with Crippen molar-refractivity contribution in [2.45, 2.75) is 9.96 Å². The van der Waals surface area contributed by atoms with Crippen molar-refractivity contribution in [3.8, 4) is 0 Å². The van der Waals surface area contributed by atoms with E-state index in [4.69, 9.17) is 70.1 Å². The summed E-state index contributed by atoms with van der Waals surface area (Å²) in [4.78, 5) is 0. The van der Waals surface area contributed by atoms with Crippen molar-refractivity contribution in [2.24, 2.45) is 0 Å². The van der Waals surface area contributed by atoms with E-state index in [1.54, 1.807) is 0 Å². The third-order valence-electron chi connectivity index (χ3n) is 1.40. The second kappa shape index (κ2) is 4.64. The Morgan fingerprint density at radius 3 is 1.62 bits per heavy atom. The molecule has 0 unspecified atom stereocenters. The maximum absolute atomic E-state index is 5.78. The SMILES string of the molecule is ClN1CN(Cl)C(C(Cl)(Cl)Cl)N(Cl)C1. The first-order valence-electron chi connectivity index (χ1n) is 3.14. The molecule has 0 spiro atoms. The van der Waals surface area contributed by atoms with E-state index in [2.05, 4.69) is 0 Å². The van der Waals surface area contributed by atoms with Gasteiger partial charge in [0.2, 0.25) is 3.79 Å². The Hall–Kier alpha value is 1.62. The predicted octanol–water partition coefficient (Wildman–Crippen LogP) is 2.98. The van der Waals surface area contributed by atoms with Crippen LogP contribution in [-0.4, -0.2) is 36.6 Å². The van der Waals surface area contributed by atoms with Crippen LogP contribution in [0.4, 0.5) is 0 Å². The van der Waals surface area contributed by atoms with E-state index < -0.39 is 9.96 Å². The number of hydrogen-bond donors (Lipinski definition) is 0. The molecule has 0 aliphatic carbocycles. The second-order valence-electron chi connectivity index (χ2n) is 2.46. The minimum absolute atomic E-state index is 0.255. The smallest absolute Gasteiger partial charge is 0.189 e. The lowest BCUT2D eigenvalue weighted by Gasteiger charge is -2.41. The molecule has 78 valence electrons. The molecule has 0 saturated carbocycles. The summed E-state index contributed by atoms with van der Waals surface area (Å²) in [6, 6.07) is 0. The molecule has 0 N–H and O–H groups in total. The van der Waals surface area contributed by atoms with Gasteiger partial charge < -0.3 is 0 Å². The van der Waals surface area contributed by atoms with Crippen LogP contribution in [0, 0.1) is 0 Å². The van der Waals surface area contributed by atoms with Crippen LogP contribution in [-0.2, 0) is 0 Å². The summed E-state index contributed by atoms with van der Waals surface area (Å²) < 4.78 is 2.21. The molecule has 1 aliphatic heterocycles. The minimum Gasteiger partial charge on any atom is -0.189 e. The fraction of sp³-hybridized carbons (Fsp3) is 1.00. The number of halogens is 6. The van der Waals surface area contributed by atoms with Gasteiger partial charge >= 0.3 is 0 Å². The summed E-state index contributed by atoms with van der Waals surface area (Å²) >= 11 is 34.2. The van der Waals surface area contributed by atoms with Crippen molar-refractivity contribution >= 4 is 70.1 Å². The summed E-state index contributed by atoms with van der Waals surface area (Å²) in [5, 5.41) is 0. The average molecular weight is 308 g/mol. The van der Waals surface area contributed by atoms with Gasteiger partial charge in [-0.15, -0.1) is 0 Å². The zero-order valence-electron chi connectivity index (χ0n) is 6.10. The van der Waals surface area contributed by atoms with Crippen molar-refractivity contribution in [1.29, 1.82) is 0 Å². The standard InChI is InChI=1S/C4H5Cl6N3/c5-4(6,7)3-12(9)1-11(8)2-13(3)10/h3H,1-2H2. The Kier molecular flexibility index (Phi) is 4.53. The number of hydrogen-bond acceptors (Lipinski definition) is 3. The molecule has 1 aliphatic rings. The summed E-state index contributed by atoms with van der Waals surface area (Å²) in [5.41, 5.74) is 0. The van der Waals surface area contributed by atoms with Crippen LogP contribution in [0.5, 0.6) is 0 Å². The lowest BCUT2D eigenvalue weighted by molar-refractivity contribution is 0.0651. The Bertz CT molecular complexity index is 171. The highest BCUT2D eigenvalue weighted by atomic mass is 35.6. The monoisotopic (exact) mass is 305 g/mol. The molecule has 1 rings (SSSR count). The topological polar surface area (TPSA) is 9.72 Å².